The number of ketones is 1. The first kappa shape index (κ1) is 24.1. The van der Waals surface area contributed by atoms with Crippen molar-refractivity contribution >= 4 is 23.0 Å². The maximum absolute atomic E-state index is 13.5. The number of nitrogens with zero attached hydrogens (tertiary/aromatic N) is 3. The van der Waals surface area contributed by atoms with Crippen molar-refractivity contribution < 1.29 is 14.7 Å². The number of thiazole rings is 1. The molecule has 172 valence electrons. The molecular weight excluding hydrogens is 422 g/mol. The van der Waals surface area contributed by atoms with Crippen LogP contribution in [0.4, 0.5) is 0 Å². The van der Waals surface area contributed by atoms with E-state index in [9.17, 15) is 14.7 Å². The van der Waals surface area contributed by atoms with Crippen molar-refractivity contribution in [3.05, 3.63) is 62.3 Å². The molecule has 2 heterocycles. The van der Waals surface area contributed by atoms with Gasteiger partial charge in [0.15, 0.2) is 5.76 Å². The third-order valence-electron chi connectivity index (χ3n) is 5.75. The Morgan fingerprint density at radius 2 is 1.81 bits per heavy atom. The normalized spacial score (nSPS) is 17.1. The van der Waals surface area contributed by atoms with Crippen molar-refractivity contribution in [3.63, 3.8) is 0 Å². The van der Waals surface area contributed by atoms with E-state index in [0.717, 1.165) is 23.5 Å². The SMILES string of the molecule is Cc1nc(C)c(C(=O)C2=C(O)C(=O)N(CCCN(C)C)[C@H]2c2ccc(C(C)(C)C)cc2)s1. The first-order valence-corrected chi connectivity index (χ1v) is 11.7. The molecule has 0 unspecified atom stereocenters. The third-order valence-corrected chi connectivity index (χ3v) is 6.83. The topological polar surface area (TPSA) is 73.7 Å². The summed E-state index contributed by atoms with van der Waals surface area (Å²) < 4.78 is 0. The van der Waals surface area contributed by atoms with Crippen LogP contribution in [0.15, 0.2) is 35.6 Å². The lowest BCUT2D eigenvalue weighted by Crippen LogP contribution is -2.33. The molecule has 1 N–H and O–H groups in total. The fourth-order valence-electron chi connectivity index (χ4n) is 4.05. The largest absolute Gasteiger partial charge is 0.503 e. The van der Waals surface area contributed by atoms with Crippen LogP contribution in [0.2, 0.25) is 0 Å². The van der Waals surface area contributed by atoms with Crippen LogP contribution in [-0.4, -0.2) is 58.8 Å². The van der Waals surface area contributed by atoms with Gasteiger partial charge in [0.2, 0.25) is 5.78 Å². The molecule has 2 aromatic rings. The Morgan fingerprint density at radius 1 is 1.19 bits per heavy atom. The number of Topliss-reactive ketones (excluding diaryl/α,β-unsaturated/α-hetero) is 1. The van der Waals surface area contributed by atoms with E-state index in [1.54, 1.807) is 11.8 Å². The van der Waals surface area contributed by atoms with Gasteiger partial charge in [0, 0.05) is 6.54 Å². The predicted molar refractivity (Wildman–Crippen MR) is 128 cm³/mol. The molecule has 0 spiro atoms. The third kappa shape index (κ3) is 4.79. The fraction of sp³-hybridized carbons (Fsp3) is 0.480. The minimum absolute atomic E-state index is 0.0106. The minimum Gasteiger partial charge on any atom is -0.503 e. The number of aliphatic hydroxyl groups excluding tert-OH is 1. The lowest BCUT2D eigenvalue weighted by molar-refractivity contribution is -0.129. The molecule has 7 heteroatoms. The van der Waals surface area contributed by atoms with Crippen molar-refractivity contribution in [2.24, 2.45) is 0 Å². The Hall–Kier alpha value is -2.51. The van der Waals surface area contributed by atoms with Gasteiger partial charge in [0.25, 0.3) is 5.91 Å². The van der Waals surface area contributed by atoms with Crippen molar-refractivity contribution in [2.75, 3.05) is 27.2 Å². The second kappa shape index (κ2) is 9.16. The highest BCUT2D eigenvalue weighted by atomic mass is 32.1. The highest BCUT2D eigenvalue weighted by Gasteiger charge is 2.44. The van der Waals surface area contributed by atoms with Gasteiger partial charge in [0.1, 0.15) is 0 Å². The molecule has 0 saturated heterocycles. The zero-order chi connectivity index (χ0) is 23.8. The number of aromatic nitrogens is 1. The number of carbonyl (C=O) groups is 2. The Labute approximate surface area is 194 Å². The summed E-state index contributed by atoms with van der Waals surface area (Å²) in [5, 5.41) is 11.6. The molecular formula is C25H33N3O3S. The number of hydrogen-bond donors (Lipinski definition) is 1. The summed E-state index contributed by atoms with van der Waals surface area (Å²) in [7, 11) is 3.96. The zero-order valence-corrected chi connectivity index (χ0v) is 20.8. The van der Waals surface area contributed by atoms with Crippen molar-refractivity contribution in [3.8, 4) is 0 Å². The maximum Gasteiger partial charge on any atom is 0.290 e. The van der Waals surface area contributed by atoms with Gasteiger partial charge in [-0.2, -0.15) is 0 Å². The summed E-state index contributed by atoms with van der Waals surface area (Å²) in [6.07, 6.45) is 0.739. The highest BCUT2D eigenvalue weighted by molar-refractivity contribution is 7.14. The van der Waals surface area contributed by atoms with Gasteiger partial charge in [-0.05, 0) is 57.5 Å². The molecule has 32 heavy (non-hydrogen) atoms. The minimum atomic E-state index is -0.618. The van der Waals surface area contributed by atoms with E-state index < -0.39 is 17.7 Å². The van der Waals surface area contributed by atoms with E-state index in [0.29, 0.717) is 17.1 Å². The van der Waals surface area contributed by atoms with Crippen LogP contribution in [0.25, 0.3) is 0 Å². The maximum atomic E-state index is 13.5. The van der Waals surface area contributed by atoms with Crippen molar-refractivity contribution in [2.45, 2.75) is 52.5 Å². The van der Waals surface area contributed by atoms with Gasteiger partial charge in [-0.3, -0.25) is 9.59 Å². The molecule has 3 rings (SSSR count). The molecule has 6 nitrogen and oxygen atoms in total. The second-order valence-electron chi connectivity index (χ2n) is 9.67. The van der Waals surface area contributed by atoms with E-state index in [4.69, 9.17) is 0 Å². The van der Waals surface area contributed by atoms with Crippen LogP contribution < -0.4 is 0 Å². The molecule has 0 radical (unpaired) electrons. The Morgan fingerprint density at radius 3 is 2.31 bits per heavy atom. The molecule has 0 aliphatic carbocycles. The van der Waals surface area contributed by atoms with E-state index in [-0.39, 0.29) is 16.8 Å². The summed E-state index contributed by atoms with van der Waals surface area (Å²) >= 11 is 1.30. The smallest absolute Gasteiger partial charge is 0.290 e. The Kier molecular flexibility index (Phi) is 6.91. The summed E-state index contributed by atoms with van der Waals surface area (Å²) in [5.74, 6) is -1.26. The van der Waals surface area contributed by atoms with E-state index in [1.807, 2.05) is 45.3 Å². The van der Waals surface area contributed by atoms with Gasteiger partial charge in [-0.1, -0.05) is 45.0 Å². The molecule has 1 atom stereocenters. The van der Waals surface area contributed by atoms with Crippen LogP contribution in [0.3, 0.4) is 0 Å². The zero-order valence-electron chi connectivity index (χ0n) is 20.0. The van der Waals surface area contributed by atoms with Crippen molar-refractivity contribution in [1.82, 2.24) is 14.8 Å². The van der Waals surface area contributed by atoms with Crippen LogP contribution in [-0.2, 0) is 10.2 Å². The van der Waals surface area contributed by atoms with Gasteiger partial charge in [-0.15, -0.1) is 11.3 Å². The number of aliphatic hydroxyl groups is 1. The second-order valence-corrected chi connectivity index (χ2v) is 10.9. The molecule has 1 amide bonds. The highest BCUT2D eigenvalue weighted by Crippen LogP contribution is 2.40. The number of benzene rings is 1. The first-order chi connectivity index (χ1) is 14.9. The van der Waals surface area contributed by atoms with E-state index in [2.05, 4.69) is 30.7 Å². The molecule has 1 aromatic heterocycles. The van der Waals surface area contributed by atoms with Crippen LogP contribution in [0.1, 0.15) is 64.7 Å². The van der Waals surface area contributed by atoms with Gasteiger partial charge in [-0.25, -0.2) is 4.98 Å². The summed E-state index contributed by atoms with van der Waals surface area (Å²) in [4.78, 5) is 35.1. The summed E-state index contributed by atoms with van der Waals surface area (Å²) in [6.45, 7) is 11.3. The quantitative estimate of drug-likeness (QED) is 0.618. The van der Waals surface area contributed by atoms with Crippen LogP contribution in [0, 0.1) is 13.8 Å². The van der Waals surface area contributed by atoms with Crippen LogP contribution >= 0.6 is 11.3 Å². The van der Waals surface area contributed by atoms with E-state index in [1.165, 1.54) is 16.9 Å². The fourth-order valence-corrected chi connectivity index (χ4v) is 4.92. The lowest BCUT2D eigenvalue weighted by atomic mass is 9.85. The Bertz CT molecular complexity index is 1050. The standard InChI is InChI=1S/C25H33N3O3S/c1-15-23(32-16(2)26-15)21(29)19-20(17-9-11-18(12-10-17)25(3,4)5)28(24(31)22(19)30)14-8-13-27(6)7/h9-12,20,30H,8,13-14H2,1-7H3/t20-/m0/s1. The number of carbonyl (C=O) groups excluding carboxylic acids is 2. The molecule has 0 saturated carbocycles. The molecule has 1 aromatic carbocycles. The average Bonchev–Trinajstić information content (AvgIpc) is 3.17. The lowest BCUT2D eigenvalue weighted by Gasteiger charge is -2.28. The monoisotopic (exact) mass is 455 g/mol. The molecule has 0 bridgehead atoms. The Balaban J connectivity index is 2.05. The van der Waals surface area contributed by atoms with Gasteiger partial charge in [0.05, 0.1) is 27.2 Å². The number of aryl methyl sites for hydroxylation is 2. The van der Waals surface area contributed by atoms with Crippen LogP contribution in [0.5, 0.6) is 0 Å². The first-order valence-electron chi connectivity index (χ1n) is 10.9. The molecule has 1 aliphatic heterocycles. The number of rotatable bonds is 7. The number of hydrogen-bond acceptors (Lipinski definition) is 6. The van der Waals surface area contributed by atoms with Gasteiger partial charge < -0.3 is 14.9 Å². The number of amides is 1. The predicted octanol–water partition coefficient (Wildman–Crippen LogP) is 4.59. The average molecular weight is 456 g/mol. The van der Waals surface area contributed by atoms with Gasteiger partial charge >= 0.3 is 0 Å². The molecule has 0 fully saturated rings. The van der Waals surface area contributed by atoms with Crippen molar-refractivity contribution in [1.29, 1.82) is 0 Å². The van der Waals surface area contributed by atoms with E-state index >= 15 is 0 Å². The summed E-state index contributed by atoms with van der Waals surface area (Å²) in [5.41, 5.74) is 2.75. The summed E-state index contributed by atoms with van der Waals surface area (Å²) in [6, 6.07) is 7.39. The molecule has 1 aliphatic rings.